The smallest absolute Gasteiger partial charge is 0.273 e. The number of pyridine rings is 1. The molecule has 0 aliphatic carbocycles. The maximum Gasteiger partial charge on any atom is 0.273 e. The quantitative estimate of drug-likeness (QED) is 0.400. The molecule has 0 aliphatic rings. The van der Waals surface area contributed by atoms with Gasteiger partial charge in [-0.2, -0.15) is 5.10 Å². The van der Waals surface area contributed by atoms with E-state index >= 15 is 0 Å². The number of aryl methyl sites for hydroxylation is 1. The maximum absolute atomic E-state index is 14.1. The summed E-state index contributed by atoms with van der Waals surface area (Å²) in [6.45, 7) is 2.15. The molecule has 0 spiro atoms. The van der Waals surface area contributed by atoms with Gasteiger partial charge in [-0.15, -0.1) is 0 Å². The Morgan fingerprint density at radius 1 is 1.24 bits per heavy atom. The molecule has 10 heteroatoms. The van der Waals surface area contributed by atoms with Gasteiger partial charge in [0, 0.05) is 37.5 Å². The van der Waals surface area contributed by atoms with Crippen LogP contribution >= 0.6 is 11.6 Å². The Morgan fingerprint density at radius 2 is 2.06 bits per heavy atom. The molecule has 0 saturated heterocycles. The first-order valence-corrected chi connectivity index (χ1v) is 10.5. The van der Waals surface area contributed by atoms with Crippen LogP contribution in [-0.2, 0) is 12.5 Å². The van der Waals surface area contributed by atoms with Crippen molar-refractivity contribution < 1.29 is 18.1 Å². The zero-order chi connectivity index (χ0) is 23.6. The van der Waals surface area contributed by atoms with Crippen LogP contribution < -0.4 is 5.32 Å². The number of benzene rings is 1. The van der Waals surface area contributed by atoms with Gasteiger partial charge in [0.1, 0.15) is 16.8 Å². The molecule has 0 saturated carbocycles. The molecule has 1 N–H and O–H groups in total. The lowest BCUT2D eigenvalue weighted by atomic mass is 9.76. The summed E-state index contributed by atoms with van der Waals surface area (Å²) >= 11 is 6.15. The molecule has 170 valence electrons. The highest BCUT2D eigenvalue weighted by molar-refractivity contribution is 6.29. The first-order chi connectivity index (χ1) is 15.8. The molecule has 4 rings (SSSR count). The highest BCUT2D eigenvalue weighted by Crippen LogP contribution is 2.34. The van der Waals surface area contributed by atoms with E-state index in [9.17, 15) is 13.6 Å². The Labute approximate surface area is 193 Å². The van der Waals surface area contributed by atoms with Crippen LogP contribution in [0, 0.1) is 11.6 Å². The van der Waals surface area contributed by atoms with Crippen LogP contribution in [0.4, 0.5) is 8.78 Å². The summed E-state index contributed by atoms with van der Waals surface area (Å²) in [6.07, 6.45) is 4.19. The summed E-state index contributed by atoms with van der Waals surface area (Å²) in [4.78, 5) is 17.4. The Bertz CT molecular complexity index is 1310. The van der Waals surface area contributed by atoms with Gasteiger partial charge in [-0.1, -0.05) is 29.7 Å². The summed E-state index contributed by atoms with van der Waals surface area (Å²) in [5, 5.41) is 11.2. The minimum atomic E-state index is -0.813. The zero-order valence-corrected chi connectivity index (χ0v) is 18.6. The molecule has 3 heterocycles. The molecule has 0 radical (unpaired) electrons. The van der Waals surface area contributed by atoms with Gasteiger partial charge in [0.15, 0.2) is 11.5 Å². The lowest BCUT2D eigenvalue weighted by Crippen LogP contribution is -2.42. The van der Waals surface area contributed by atoms with Crippen LogP contribution in [0.2, 0.25) is 5.15 Å². The molecule has 0 bridgehead atoms. The summed E-state index contributed by atoms with van der Waals surface area (Å²) in [6, 6.07) is 9.69. The Balaban J connectivity index is 1.61. The number of hydrogen-bond acceptors (Lipinski definition) is 5. The molecule has 1 atom stereocenters. The van der Waals surface area contributed by atoms with Gasteiger partial charge >= 0.3 is 0 Å². The van der Waals surface area contributed by atoms with E-state index in [2.05, 4.69) is 20.6 Å². The lowest BCUT2D eigenvalue weighted by molar-refractivity contribution is 0.0936. The fraction of sp³-hybridized carbons (Fsp3) is 0.217. The average molecular weight is 472 g/mol. The SMILES string of the molecule is CCC(CNC(=O)c1cc(-c2ccc(F)cc2F)on1)(c1cnn(C)c1)c1cccc(Cl)n1. The van der Waals surface area contributed by atoms with Crippen molar-refractivity contribution in [3.63, 3.8) is 0 Å². The van der Waals surface area contributed by atoms with Crippen LogP contribution in [0.5, 0.6) is 0 Å². The maximum atomic E-state index is 14.1. The summed E-state index contributed by atoms with van der Waals surface area (Å²) < 4.78 is 34.0. The second-order valence-electron chi connectivity index (χ2n) is 7.57. The molecule has 33 heavy (non-hydrogen) atoms. The Morgan fingerprint density at radius 3 is 2.73 bits per heavy atom. The van der Waals surface area contributed by atoms with Crippen LogP contribution in [0.3, 0.4) is 0 Å². The fourth-order valence-corrected chi connectivity index (χ4v) is 3.88. The van der Waals surface area contributed by atoms with Crippen LogP contribution in [-0.4, -0.2) is 32.4 Å². The second kappa shape index (κ2) is 9.11. The van der Waals surface area contributed by atoms with Gasteiger partial charge in [-0.25, -0.2) is 13.8 Å². The van der Waals surface area contributed by atoms with Gasteiger partial charge in [0.05, 0.1) is 22.9 Å². The number of aromatic nitrogens is 4. The third-order valence-corrected chi connectivity index (χ3v) is 5.77. The second-order valence-corrected chi connectivity index (χ2v) is 7.95. The molecule has 1 amide bonds. The van der Waals surface area contributed by atoms with E-state index in [4.69, 9.17) is 16.1 Å². The van der Waals surface area contributed by atoms with Crippen molar-refractivity contribution in [2.45, 2.75) is 18.8 Å². The average Bonchev–Trinajstić information content (AvgIpc) is 3.44. The number of amides is 1. The van der Waals surface area contributed by atoms with E-state index in [1.807, 2.05) is 19.2 Å². The van der Waals surface area contributed by atoms with E-state index in [-0.39, 0.29) is 23.6 Å². The first kappa shape index (κ1) is 22.6. The number of halogens is 3. The molecular weight excluding hydrogens is 452 g/mol. The van der Waals surface area contributed by atoms with Crippen molar-refractivity contribution in [3.8, 4) is 11.3 Å². The van der Waals surface area contributed by atoms with Crippen molar-refractivity contribution in [2.24, 2.45) is 7.05 Å². The predicted octanol–water partition coefficient (Wildman–Crippen LogP) is 4.53. The minimum Gasteiger partial charge on any atom is -0.355 e. The van der Waals surface area contributed by atoms with Gasteiger partial charge in [0.25, 0.3) is 5.91 Å². The lowest BCUT2D eigenvalue weighted by Gasteiger charge is -2.31. The van der Waals surface area contributed by atoms with Crippen LogP contribution in [0.25, 0.3) is 11.3 Å². The molecule has 0 fully saturated rings. The number of nitrogens with zero attached hydrogens (tertiary/aromatic N) is 4. The standard InChI is InChI=1S/C23H20ClF2N5O2/c1-3-23(14-11-28-31(2)12-14,20-5-4-6-21(24)29-20)13-27-22(32)18-10-19(33-30-18)16-8-7-15(25)9-17(16)26/h4-12H,3,13H2,1-2H3,(H,27,32). The van der Waals surface area contributed by atoms with Crippen molar-refractivity contribution in [2.75, 3.05) is 6.54 Å². The monoisotopic (exact) mass is 471 g/mol. The number of carbonyl (C=O) groups excluding carboxylic acids is 1. The van der Waals surface area contributed by atoms with Crippen molar-refractivity contribution in [1.29, 1.82) is 0 Å². The van der Waals surface area contributed by atoms with Gasteiger partial charge < -0.3 is 9.84 Å². The number of rotatable bonds is 7. The summed E-state index contributed by atoms with van der Waals surface area (Å²) in [5.41, 5.74) is 0.801. The molecule has 1 unspecified atom stereocenters. The van der Waals surface area contributed by atoms with Crippen LogP contribution in [0.1, 0.15) is 35.1 Å². The molecule has 7 nitrogen and oxygen atoms in total. The van der Waals surface area contributed by atoms with Gasteiger partial charge in [0.2, 0.25) is 0 Å². The van der Waals surface area contributed by atoms with E-state index in [1.165, 1.54) is 12.1 Å². The molecule has 3 aromatic heterocycles. The van der Waals surface area contributed by atoms with E-state index in [0.29, 0.717) is 17.3 Å². The first-order valence-electron chi connectivity index (χ1n) is 10.1. The minimum absolute atomic E-state index is 0.00402. The topological polar surface area (TPSA) is 85.8 Å². The highest BCUT2D eigenvalue weighted by atomic mass is 35.5. The Kier molecular flexibility index (Phi) is 6.24. The highest BCUT2D eigenvalue weighted by Gasteiger charge is 2.36. The summed E-state index contributed by atoms with van der Waals surface area (Å²) in [7, 11) is 1.80. The third kappa shape index (κ3) is 4.49. The van der Waals surface area contributed by atoms with Crippen LogP contribution in [0.15, 0.2) is 59.4 Å². The van der Waals surface area contributed by atoms with E-state index < -0.39 is 23.0 Å². The predicted molar refractivity (Wildman–Crippen MR) is 118 cm³/mol. The third-order valence-electron chi connectivity index (χ3n) is 5.56. The largest absolute Gasteiger partial charge is 0.355 e. The van der Waals surface area contributed by atoms with E-state index in [1.54, 1.807) is 30.1 Å². The van der Waals surface area contributed by atoms with Gasteiger partial charge in [-0.3, -0.25) is 9.48 Å². The zero-order valence-electron chi connectivity index (χ0n) is 17.8. The molecule has 1 aromatic carbocycles. The Hall–Kier alpha value is -3.59. The molecular formula is C23H20ClF2N5O2. The van der Waals surface area contributed by atoms with Crippen molar-refractivity contribution in [1.82, 2.24) is 25.2 Å². The molecule has 4 aromatic rings. The summed E-state index contributed by atoms with van der Waals surface area (Å²) in [5.74, 6) is -2.03. The molecule has 0 aliphatic heterocycles. The van der Waals surface area contributed by atoms with Crippen molar-refractivity contribution >= 4 is 17.5 Å². The fourth-order valence-electron chi connectivity index (χ4n) is 3.71. The normalized spacial score (nSPS) is 13.0. The van der Waals surface area contributed by atoms with E-state index in [0.717, 1.165) is 17.7 Å². The number of carbonyl (C=O) groups is 1. The van der Waals surface area contributed by atoms with Gasteiger partial charge in [-0.05, 0) is 30.7 Å². The number of hydrogen-bond donors (Lipinski definition) is 1. The number of nitrogens with one attached hydrogen (secondary N) is 1. The van der Waals surface area contributed by atoms with Crippen molar-refractivity contribution in [3.05, 3.63) is 88.6 Å².